The monoisotopic (exact) mass is 371 g/mol. The van der Waals surface area contributed by atoms with Gasteiger partial charge in [-0.25, -0.2) is 0 Å². The number of hydrogen-bond acceptors (Lipinski definition) is 5. The van der Waals surface area contributed by atoms with Gasteiger partial charge in [0.1, 0.15) is 28.9 Å². The SMILES string of the molecule is N#C/C(=C/Nc1ccc(Oc2ccccc2)cc1)C(=O)Nc1cccc(O)c1. The Hall–Kier alpha value is -4.24. The molecule has 0 radical (unpaired) electrons. The number of hydrogen-bond donors (Lipinski definition) is 3. The predicted octanol–water partition coefficient (Wildman–Crippen LogP) is 4.64. The summed E-state index contributed by atoms with van der Waals surface area (Å²) < 4.78 is 5.71. The summed E-state index contributed by atoms with van der Waals surface area (Å²) in [5.41, 5.74) is 0.986. The number of carbonyl (C=O) groups excluding carboxylic acids is 1. The van der Waals surface area contributed by atoms with E-state index >= 15 is 0 Å². The molecule has 3 aromatic carbocycles. The molecule has 0 aliphatic heterocycles. The molecule has 0 aliphatic rings. The van der Waals surface area contributed by atoms with E-state index in [1.54, 1.807) is 36.4 Å². The molecule has 0 unspecified atom stereocenters. The number of nitrogens with one attached hydrogen (secondary N) is 2. The summed E-state index contributed by atoms with van der Waals surface area (Å²) in [5, 5.41) is 24.1. The van der Waals surface area contributed by atoms with Crippen LogP contribution in [0.3, 0.4) is 0 Å². The van der Waals surface area contributed by atoms with E-state index in [1.165, 1.54) is 18.3 Å². The van der Waals surface area contributed by atoms with E-state index in [-0.39, 0.29) is 11.3 Å². The van der Waals surface area contributed by atoms with Crippen LogP contribution in [-0.4, -0.2) is 11.0 Å². The number of nitriles is 1. The van der Waals surface area contributed by atoms with Crippen LogP contribution in [-0.2, 0) is 4.79 Å². The standard InChI is InChI=1S/C22H17N3O3/c23-14-16(22(27)25-18-5-4-6-19(26)13-18)15-24-17-9-11-21(12-10-17)28-20-7-2-1-3-8-20/h1-13,15,24,26H,(H,25,27)/b16-15-. The van der Waals surface area contributed by atoms with Gasteiger partial charge in [-0.2, -0.15) is 5.26 Å². The van der Waals surface area contributed by atoms with Gasteiger partial charge in [0.15, 0.2) is 0 Å². The van der Waals surface area contributed by atoms with Gasteiger partial charge < -0.3 is 20.5 Å². The molecule has 0 fully saturated rings. The Balaban J connectivity index is 1.62. The van der Waals surface area contributed by atoms with E-state index in [4.69, 9.17) is 4.74 Å². The molecule has 0 aliphatic carbocycles. The number of anilines is 2. The Morgan fingerprint density at radius 2 is 1.64 bits per heavy atom. The molecule has 1 amide bonds. The van der Waals surface area contributed by atoms with Crippen LogP contribution in [0.1, 0.15) is 0 Å². The fourth-order valence-corrected chi connectivity index (χ4v) is 2.33. The second-order valence-corrected chi connectivity index (χ2v) is 5.76. The zero-order chi connectivity index (χ0) is 19.8. The van der Waals surface area contributed by atoms with Crippen LogP contribution < -0.4 is 15.4 Å². The van der Waals surface area contributed by atoms with E-state index in [0.29, 0.717) is 17.1 Å². The minimum absolute atomic E-state index is 0.0243. The van der Waals surface area contributed by atoms with Gasteiger partial charge in [0.2, 0.25) is 0 Å². The molecule has 0 spiro atoms. The first-order chi connectivity index (χ1) is 13.6. The van der Waals surface area contributed by atoms with Crippen molar-refractivity contribution in [3.05, 3.63) is 90.6 Å². The number of carbonyl (C=O) groups is 1. The molecule has 0 atom stereocenters. The molecule has 28 heavy (non-hydrogen) atoms. The molecule has 3 aromatic rings. The summed E-state index contributed by atoms with van der Waals surface area (Å²) in [6.07, 6.45) is 1.32. The highest BCUT2D eigenvalue weighted by atomic mass is 16.5. The highest BCUT2D eigenvalue weighted by molar-refractivity contribution is 6.06. The fourth-order valence-electron chi connectivity index (χ4n) is 2.33. The van der Waals surface area contributed by atoms with Crippen molar-refractivity contribution >= 4 is 17.3 Å². The molecule has 0 aromatic heterocycles. The van der Waals surface area contributed by atoms with Crippen molar-refractivity contribution in [1.29, 1.82) is 5.26 Å². The van der Waals surface area contributed by atoms with Crippen molar-refractivity contribution < 1.29 is 14.6 Å². The number of phenols is 1. The lowest BCUT2D eigenvalue weighted by atomic mass is 10.2. The number of benzene rings is 3. The molecular formula is C22H17N3O3. The average molecular weight is 371 g/mol. The molecular weight excluding hydrogens is 354 g/mol. The minimum atomic E-state index is -0.579. The van der Waals surface area contributed by atoms with Crippen LogP contribution in [0.15, 0.2) is 90.6 Å². The number of aromatic hydroxyl groups is 1. The zero-order valence-electron chi connectivity index (χ0n) is 14.8. The normalized spacial score (nSPS) is 10.6. The van der Waals surface area contributed by atoms with Crippen LogP contribution in [0.4, 0.5) is 11.4 Å². The molecule has 0 saturated carbocycles. The van der Waals surface area contributed by atoms with Crippen LogP contribution in [0.5, 0.6) is 17.2 Å². The maximum Gasteiger partial charge on any atom is 0.267 e. The Labute approximate surface area is 162 Å². The first-order valence-corrected chi connectivity index (χ1v) is 8.44. The van der Waals surface area contributed by atoms with Gasteiger partial charge in [0.05, 0.1) is 0 Å². The summed E-state index contributed by atoms with van der Waals surface area (Å²) in [6.45, 7) is 0. The van der Waals surface area contributed by atoms with E-state index in [0.717, 1.165) is 5.75 Å². The van der Waals surface area contributed by atoms with Crippen LogP contribution in [0, 0.1) is 11.3 Å². The summed E-state index contributed by atoms with van der Waals surface area (Å²) in [7, 11) is 0. The lowest BCUT2D eigenvalue weighted by Gasteiger charge is -2.07. The quantitative estimate of drug-likeness (QED) is 0.433. The number of rotatable bonds is 6. The van der Waals surface area contributed by atoms with Gasteiger partial charge in [-0.1, -0.05) is 24.3 Å². The Bertz CT molecular complexity index is 1020. The van der Waals surface area contributed by atoms with E-state index in [9.17, 15) is 15.2 Å². The third-order valence-corrected chi connectivity index (χ3v) is 3.69. The third-order valence-electron chi connectivity index (χ3n) is 3.69. The number of phenolic OH excluding ortho intramolecular Hbond substituents is 1. The first-order valence-electron chi connectivity index (χ1n) is 8.44. The lowest BCUT2D eigenvalue weighted by Crippen LogP contribution is -2.14. The van der Waals surface area contributed by atoms with E-state index in [2.05, 4.69) is 10.6 Å². The Morgan fingerprint density at radius 1 is 0.929 bits per heavy atom. The van der Waals surface area contributed by atoms with Crippen molar-refractivity contribution in [3.63, 3.8) is 0 Å². The van der Waals surface area contributed by atoms with Crippen LogP contribution in [0.25, 0.3) is 0 Å². The average Bonchev–Trinajstić information content (AvgIpc) is 2.70. The van der Waals surface area contributed by atoms with Crippen molar-refractivity contribution in [2.24, 2.45) is 0 Å². The highest BCUT2D eigenvalue weighted by Crippen LogP contribution is 2.22. The van der Waals surface area contributed by atoms with Crippen molar-refractivity contribution in [3.8, 4) is 23.3 Å². The van der Waals surface area contributed by atoms with Gasteiger partial charge in [0, 0.05) is 23.6 Å². The summed E-state index contributed by atoms with van der Waals surface area (Å²) in [5.74, 6) is 0.849. The molecule has 0 bridgehead atoms. The van der Waals surface area contributed by atoms with Gasteiger partial charge in [0.25, 0.3) is 5.91 Å². The van der Waals surface area contributed by atoms with Gasteiger partial charge in [-0.05, 0) is 48.5 Å². The molecule has 6 nitrogen and oxygen atoms in total. The molecule has 6 heteroatoms. The first kappa shape index (κ1) is 18.5. The Morgan fingerprint density at radius 3 is 2.32 bits per heavy atom. The van der Waals surface area contributed by atoms with Crippen molar-refractivity contribution in [1.82, 2.24) is 0 Å². The minimum Gasteiger partial charge on any atom is -0.508 e. The van der Waals surface area contributed by atoms with Gasteiger partial charge >= 0.3 is 0 Å². The second kappa shape index (κ2) is 8.92. The largest absolute Gasteiger partial charge is 0.508 e. The van der Waals surface area contributed by atoms with E-state index < -0.39 is 5.91 Å². The molecule has 138 valence electrons. The van der Waals surface area contributed by atoms with Crippen molar-refractivity contribution in [2.75, 3.05) is 10.6 Å². The van der Waals surface area contributed by atoms with Crippen LogP contribution in [0.2, 0.25) is 0 Å². The number of amides is 1. The summed E-state index contributed by atoms with van der Waals surface area (Å²) >= 11 is 0. The summed E-state index contributed by atoms with van der Waals surface area (Å²) in [6, 6.07) is 24.5. The van der Waals surface area contributed by atoms with Crippen molar-refractivity contribution in [2.45, 2.75) is 0 Å². The zero-order valence-corrected chi connectivity index (χ0v) is 14.8. The predicted molar refractivity (Wildman–Crippen MR) is 107 cm³/mol. The molecule has 3 rings (SSSR count). The van der Waals surface area contributed by atoms with E-state index in [1.807, 2.05) is 36.4 Å². The fraction of sp³-hybridized carbons (Fsp3) is 0. The smallest absolute Gasteiger partial charge is 0.267 e. The lowest BCUT2D eigenvalue weighted by molar-refractivity contribution is -0.112. The number of nitrogens with zero attached hydrogens (tertiary/aromatic N) is 1. The Kier molecular flexibility index (Phi) is 5.91. The van der Waals surface area contributed by atoms with Gasteiger partial charge in [-0.3, -0.25) is 4.79 Å². The maximum absolute atomic E-state index is 12.2. The molecule has 0 heterocycles. The van der Waals surface area contributed by atoms with Gasteiger partial charge in [-0.15, -0.1) is 0 Å². The number of ether oxygens (including phenoxy) is 1. The number of para-hydroxylation sites is 1. The topological polar surface area (TPSA) is 94.4 Å². The third kappa shape index (κ3) is 5.13. The maximum atomic E-state index is 12.2. The van der Waals surface area contributed by atoms with Crippen LogP contribution >= 0.6 is 0 Å². The second-order valence-electron chi connectivity index (χ2n) is 5.76. The molecule has 0 saturated heterocycles. The summed E-state index contributed by atoms with van der Waals surface area (Å²) in [4.78, 5) is 12.2. The highest BCUT2D eigenvalue weighted by Gasteiger charge is 2.09. The molecule has 3 N–H and O–H groups in total.